The number of hydrogen-bond acceptors (Lipinski definition) is 5. The predicted molar refractivity (Wildman–Crippen MR) is 150 cm³/mol. The Bertz CT molecular complexity index is 1470. The highest BCUT2D eigenvalue weighted by atomic mass is 32.2. The molecule has 1 aliphatic heterocycles. The Balaban J connectivity index is 1.56. The van der Waals surface area contributed by atoms with Crippen LogP contribution in [-0.4, -0.2) is 50.3 Å². The maximum atomic E-state index is 13.5. The van der Waals surface area contributed by atoms with E-state index in [1.54, 1.807) is 55.1 Å². The summed E-state index contributed by atoms with van der Waals surface area (Å²) in [6.45, 7) is 4.77. The normalized spacial score (nSPS) is 15.5. The summed E-state index contributed by atoms with van der Waals surface area (Å²) in [5.41, 5.74) is 1.30. The summed E-state index contributed by atoms with van der Waals surface area (Å²) in [6.07, 6.45) is 3.10. The highest BCUT2D eigenvalue weighted by Gasteiger charge is 2.33. The van der Waals surface area contributed by atoms with Crippen molar-refractivity contribution >= 4 is 32.6 Å². The van der Waals surface area contributed by atoms with Crippen LogP contribution >= 0.6 is 0 Å². The van der Waals surface area contributed by atoms with Gasteiger partial charge in [-0.3, -0.25) is 9.59 Å². The van der Waals surface area contributed by atoms with E-state index in [0.717, 1.165) is 35.6 Å². The van der Waals surface area contributed by atoms with Gasteiger partial charge in [-0.25, -0.2) is 8.42 Å². The lowest BCUT2D eigenvalue weighted by Gasteiger charge is -2.32. The fourth-order valence-corrected chi connectivity index (χ4v) is 6.19. The van der Waals surface area contributed by atoms with E-state index >= 15 is 0 Å². The monoisotopic (exact) mass is 546 g/mol. The summed E-state index contributed by atoms with van der Waals surface area (Å²) in [5.74, 6) is -1.12. The fraction of sp³-hybridized carbons (Fsp3) is 0.367. The van der Waals surface area contributed by atoms with E-state index in [4.69, 9.17) is 5.26 Å². The van der Waals surface area contributed by atoms with Gasteiger partial charge >= 0.3 is 0 Å². The van der Waals surface area contributed by atoms with E-state index in [0.29, 0.717) is 18.7 Å². The fourth-order valence-electron chi connectivity index (χ4n) is 4.81. The Kier molecular flexibility index (Phi) is 9.00. The lowest BCUT2D eigenvalue weighted by molar-refractivity contribution is -0.137. The quantitative estimate of drug-likeness (QED) is 0.424. The Morgan fingerprint density at radius 1 is 0.949 bits per heavy atom. The number of nitrogens with one attached hydrogen (secondary N) is 2. The zero-order valence-corrected chi connectivity index (χ0v) is 23.1. The number of rotatable bonds is 9. The second-order valence-electron chi connectivity index (χ2n) is 10.3. The van der Waals surface area contributed by atoms with Crippen molar-refractivity contribution in [2.75, 3.05) is 13.1 Å². The molecule has 0 spiro atoms. The molecule has 0 aliphatic carbocycles. The molecule has 3 aromatic rings. The summed E-state index contributed by atoms with van der Waals surface area (Å²) in [4.78, 5) is 28.9. The van der Waals surface area contributed by atoms with Crippen LogP contribution in [0.3, 0.4) is 0 Å². The molecule has 0 radical (unpaired) electrons. The van der Waals surface area contributed by atoms with Gasteiger partial charge in [0.05, 0.1) is 16.5 Å². The van der Waals surface area contributed by atoms with Crippen LogP contribution in [0.2, 0.25) is 0 Å². The van der Waals surface area contributed by atoms with E-state index in [9.17, 15) is 18.0 Å². The molecular weight excluding hydrogens is 512 g/mol. The van der Waals surface area contributed by atoms with E-state index in [2.05, 4.69) is 16.1 Å². The molecule has 1 fully saturated rings. The number of fused-ring (bicyclic) bond motifs is 1. The molecule has 2 atom stereocenters. The van der Waals surface area contributed by atoms with Crippen molar-refractivity contribution in [1.82, 2.24) is 14.9 Å². The van der Waals surface area contributed by atoms with Crippen LogP contribution < -0.4 is 10.0 Å². The summed E-state index contributed by atoms with van der Waals surface area (Å²) in [7, 11) is -4.02. The second-order valence-corrected chi connectivity index (χ2v) is 12.0. The first-order chi connectivity index (χ1) is 18.7. The number of sulfonamides is 1. The molecule has 1 aliphatic rings. The number of nitriles is 1. The highest BCUT2D eigenvalue weighted by Crippen LogP contribution is 2.20. The number of hydrogen-bond donors (Lipinski definition) is 2. The average Bonchev–Trinajstić information content (AvgIpc) is 2.95. The number of benzene rings is 3. The van der Waals surface area contributed by atoms with Crippen LogP contribution in [0.4, 0.5) is 0 Å². The third-order valence-corrected chi connectivity index (χ3v) is 8.51. The zero-order valence-electron chi connectivity index (χ0n) is 22.3. The third kappa shape index (κ3) is 7.02. The summed E-state index contributed by atoms with van der Waals surface area (Å²) in [6, 6.07) is 19.3. The van der Waals surface area contributed by atoms with Crippen molar-refractivity contribution in [2.45, 2.75) is 56.5 Å². The number of amides is 2. The lowest BCUT2D eigenvalue weighted by atomic mass is 10.00. The number of carbonyl (C=O) groups excluding carboxylic acids is 2. The van der Waals surface area contributed by atoms with Crippen LogP contribution in [0.15, 0.2) is 71.6 Å². The lowest BCUT2D eigenvalue weighted by Crippen LogP contribution is -2.56. The van der Waals surface area contributed by atoms with Gasteiger partial charge in [0.2, 0.25) is 21.8 Å². The first kappa shape index (κ1) is 28.3. The van der Waals surface area contributed by atoms with Crippen molar-refractivity contribution in [3.05, 3.63) is 77.9 Å². The standard InChI is InChI=1S/C30H34N4O4S/c1-21(2)28(33-39(37,38)26-15-14-24-8-4-5-9-25(24)19-26)29(35)32-27(30(36)34-16-6-3-7-17-34)18-22-10-12-23(20-31)13-11-22/h4-5,8-15,19,21,27-28,33H,3,6-7,16-18H2,1-2H3,(H,32,35)/t27-,28?/m0/s1. The molecule has 39 heavy (non-hydrogen) atoms. The molecule has 1 unspecified atom stereocenters. The minimum absolute atomic E-state index is 0.0678. The molecule has 3 aromatic carbocycles. The first-order valence-corrected chi connectivity index (χ1v) is 14.8. The molecule has 0 bridgehead atoms. The van der Waals surface area contributed by atoms with Crippen LogP contribution in [0.25, 0.3) is 10.8 Å². The summed E-state index contributed by atoms with van der Waals surface area (Å²) >= 11 is 0. The van der Waals surface area contributed by atoms with Gasteiger partial charge in [0.25, 0.3) is 0 Å². The maximum Gasteiger partial charge on any atom is 0.245 e. The zero-order chi connectivity index (χ0) is 28.0. The van der Waals surface area contributed by atoms with Gasteiger partial charge in [0.1, 0.15) is 12.1 Å². The summed E-state index contributed by atoms with van der Waals surface area (Å²) in [5, 5.41) is 13.7. The molecule has 1 heterocycles. The largest absolute Gasteiger partial charge is 0.343 e. The molecule has 0 saturated carbocycles. The van der Waals surface area contributed by atoms with Gasteiger partial charge in [-0.2, -0.15) is 9.98 Å². The molecular formula is C30H34N4O4S. The Morgan fingerprint density at radius 3 is 2.26 bits per heavy atom. The predicted octanol–water partition coefficient (Wildman–Crippen LogP) is 3.75. The second kappa shape index (κ2) is 12.4. The molecule has 2 N–H and O–H groups in total. The first-order valence-electron chi connectivity index (χ1n) is 13.3. The van der Waals surface area contributed by atoms with Gasteiger partial charge in [-0.05, 0) is 65.8 Å². The summed E-state index contributed by atoms with van der Waals surface area (Å²) < 4.78 is 29.2. The highest BCUT2D eigenvalue weighted by molar-refractivity contribution is 7.89. The van der Waals surface area contributed by atoms with Crippen LogP contribution in [0.1, 0.15) is 44.2 Å². The average molecular weight is 547 g/mol. The van der Waals surface area contributed by atoms with E-state index in [1.165, 1.54) is 6.07 Å². The van der Waals surface area contributed by atoms with Crippen molar-refractivity contribution in [3.63, 3.8) is 0 Å². The van der Waals surface area contributed by atoms with Crippen molar-refractivity contribution in [3.8, 4) is 6.07 Å². The van der Waals surface area contributed by atoms with E-state index in [-0.39, 0.29) is 23.1 Å². The van der Waals surface area contributed by atoms with Gasteiger partial charge in [-0.1, -0.05) is 56.3 Å². The molecule has 4 rings (SSSR count). The van der Waals surface area contributed by atoms with E-state index < -0.39 is 28.0 Å². The maximum absolute atomic E-state index is 13.5. The molecule has 204 valence electrons. The smallest absolute Gasteiger partial charge is 0.245 e. The van der Waals surface area contributed by atoms with Crippen molar-refractivity contribution in [1.29, 1.82) is 5.26 Å². The molecule has 1 saturated heterocycles. The Labute approximate surface area is 230 Å². The Hall–Kier alpha value is -3.74. The van der Waals surface area contributed by atoms with Gasteiger partial charge < -0.3 is 10.2 Å². The number of carbonyl (C=O) groups is 2. The molecule has 2 amide bonds. The van der Waals surface area contributed by atoms with Crippen LogP contribution in [0.5, 0.6) is 0 Å². The number of likely N-dealkylation sites (tertiary alicyclic amines) is 1. The van der Waals surface area contributed by atoms with Gasteiger partial charge in [0, 0.05) is 19.5 Å². The minimum Gasteiger partial charge on any atom is -0.343 e. The third-order valence-electron chi connectivity index (χ3n) is 7.07. The SMILES string of the molecule is CC(C)C(NS(=O)(=O)c1ccc2ccccc2c1)C(=O)N[C@@H](Cc1ccc(C#N)cc1)C(=O)N1CCCCC1. The number of piperidine rings is 1. The van der Waals surface area contributed by atoms with Gasteiger partial charge in [-0.15, -0.1) is 0 Å². The van der Waals surface area contributed by atoms with Crippen molar-refractivity contribution < 1.29 is 18.0 Å². The van der Waals surface area contributed by atoms with Crippen LogP contribution in [0, 0.1) is 17.2 Å². The Morgan fingerprint density at radius 2 is 1.62 bits per heavy atom. The minimum atomic E-state index is -4.02. The van der Waals surface area contributed by atoms with Crippen molar-refractivity contribution in [2.24, 2.45) is 5.92 Å². The molecule has 8 nitrogen and oxygen atoms in total. The molecule has 9 heteroatoms. The number of nitrogens with zero attached hydrogens (tertiary/aromatic N) is 2. The molecule has 0 aromatic heterocycles. The van der Waals surface area contributed by atoms with Gasteiger partial charge in [0.15, 0.2) is 0 Å². The van der Waals surface area contributed by atoms with E-state index in [1.807, 2.05) is 24.3 Å². The van der Waals surface area contributed by atoms with Crippen LogP contribution in [-0.2, 0) is 26.0 Å². The topological polar surface area (TPSA) is 119 Å².